The molecule has 0 aromatic rings. The molecule has 0 radical (unpaired) electrons. The van der Waals surface area contributed by atoms with Gasteiger partial charge in [-0.05, 0) is 38.9 Å². The highest BCUT2D eigenvalue weighted by Gasteiger charge is 2.09. The van der Waals surface area contributed by atoms with E-state index >= 15 is 0 Å². The van der Waals surface area contributed by atoms with E-state index in [1.807, 2.05) is 0 Å². The summed E-state index contributed by atoms with van der Waals surface area (Å²) in [6.45, 7) is 10.8. The summed E-state index contributed by atoms with van der Waals surface area (Å²) in [6.07, 6.45) is 5.97. The molecule has 0 aromatic carbocycles. The average molecular weight is 239 g/mol. The molecule has 0 spiro atoms. The van der Waals surface area contributed by atoms with Gasteiger partial charge in [-0.1, -0.05) is 33.6 Å². The second-order valence-electron chi connectivity index (χ2n) is 4.58. The van der Waals surface area contributed by atoms with Gasteiger partial charge in [-0.25, -0.2) is 0 Å². The summed E-state index contributed by atoms with van der Waals surface area (Å²) in [6, 6.07) is 2.35. The molecule has 0 saturated carbocycles. The van der Waals surface area contributed by atoms with E-state index in [1.165, 1.54) is 38.8 Å². The van der Waals surface area contributed by atoms with Gasteiger partial charge >= 0.3 is 0 Å². The van der Waals surface area contributed by atoms with E-state index in [9.17, 15) is 0 Å². The normalized spacial score (nSPS) is 12.6. The van der Waals surface area contributed by atoms with Crippen molar-refractivity contribution in [3.63, 3.8) is 0 Å². The average Bonchev–Trinajstić information content (AvgIpc) is 2.36. The van der Waals surface area contributed by atoms with E-state index in [1.54, 1.807) is 0 Å². The number of hydrogen-bond donors (Lipinski definition) is 1. The summed E-state index contributed by atoms with van der Waals surface area (Å²) in [4.78, 5) is 2.51. The van der Waals surface area contributed by atoms with Crippen molar-refractivity contribution in [2.45, 2.75) is 58.9 Å². The van der Waals surface area contributed by atoms with Gasteiger partial charge in [-0.15, -0.1) is 0 Å². The molecule has 3 heteroatoms. The lowest BCUT2D eigenvalue weighted by Gasteiger charge is -2.23. The smallest absolute Gasteiger partial charge is 0.0965 e. The molecule has 0 aliphatic carbocycles. The Bertz CT molecular complexity index is 190. The third-order valence-electron chi connectivity index (χ3n) is 3.00. The van der Waals surface area contributed by atoms with Gasteiger partial charge in [0.1, 0.15) is 0 Å². The van der Waals surface area contributed by atoms with Gasteiger partial charge in [0.2, 0.25) is 0 Å². The van der Waals surface area contributed by atoms with Crippen molar-refractivity contribution >= 4 is 0 Å². The van der Waals surface area contributed by atoms with Crippen molar-refractivity contribution in [3.8, 4) is 6.07 Å². The first-order chi connectivity index (χ1) is 8.28. The maximum absolute atomic E-state index is 8.99. The molecule has 1 N–H and O–H groups in total. The van der Waals surface area contributed by atoms with Crippen molar-refractivity contribution in [2.75, 3.05) is 26.2 Å². The van der Waals surface area contributed by atoms with Crippen molar-refractivity contribution in [1.29, 1.82) is 5.26 Å². The van der Waals surface area contributed by atoms with Crippen LogP contribution in [0, 0.1) is 11.3 Å². The lowest BCUT2D eigenvalue weighted by Crippen LogP contribution is -2.34. The zero-order valence-electron chi connectivity index (χ0n) is 11.8. The van der Waals surface area contributed by atoms with Crippen LogP contribution in [0.15, 0.2) is 0 Å². The standard InChI is InChI=1S/C14H29N3/c1-4-7-10-17(11-8-5-2)12-9-14(13-15)16-6-3/h14,16H,4-12H2,1-3H3. The molecule has 0 aliphatic heterocycles. The molecule has 0 fully saturated rings. The van der Waals surface area contributed by atoms with E-state index in [0.717, 1.165) is 19.5 Å². The van der Waals surface area contributed by atoms with Crippen LogP contribution >= 0.6 is 0 Å². The summed E-state index contributed by atoms with van der Waals surface area (Å²) in [5, 5.41) is 12.2. The number of nitrogens with one attached hydrogen (secondary N) is 1. The molecule has 0 heterocycles. The predicted molar refractivity (Wildman–Crippen MR) is 74.0 cm³/mol. The number of nitriles is 1. The molecule has 3 nitrogen and oxygen atoms in total. The molecular formula is C14H29N3. The largest absolute Gasteiger partial charge is 0.303 e. The second-order valence-corrected chi connectivity index (χ2v) is 4.58. The molecule has 100 valence electrons. The highest BCUT2D eigenvalue weighted by molar-refractivity contribution is 4.89. The fourth-order valence-electron chi connectivity index (χ4n) is 1.87. The predicted octanol–water partition coefficient (Wildman–Crippen LogP) is 2.78. The summed E-state index contributed by atoms with van der Waals surface area (Å²) in [5.74, 6) is 0. The van der Waals surface area contributed by atoms with Crippen molar-refractivity contribution in [3.05, 3.63) is 0 Å². The Kier molecular flexibility index (Phi) is 11.5. The third kappa shape index (κ3) is 9.14. The first kappa shape index (κ1) is 16.4. The fourth-order valence-corrected chi connectivity index (χ4v) is 1.87. The molecule has 0 rings (SSSR count). The molecule has 1 atom stereocenters. The van der Waals surface area contributed by atoms with Crippen LogP contribution in [0.4, 0.5) is 0 Å². The zero-order valence-corrected chi connectivity index (χ0v) is 11.8. The Morgan fingerprint density at radius 1 is 1.06 bits per heavy atom. The molecule has 0 saturated heterocycles. The first-order valence-corrected chi connectivity index (χ1v) is 7.13. The number of unbranched alkanes of at least 4 members (excludes halogenated alkanes) is 2. The highest BCUT2D eigenvalue weighted by Crippen LogP contribution is 2.02. The van der Waals surface area contributed by atoms with E-state index < -0.39 is 0 Å². The summed E-state index contributed by atoms with van der Waals surface area (Å²) < 4.78 is 0. The van der Waals surface area contributed by atoms with Crippen LogP contribution in [0.2, 0.25) is 0 Å². The van der Waals surface area contributed by atoms with Crippen LogP contribution < -0.4 is 5.32 Å². The van der Waals surface area contributed by atoms with Crippen molar-refractivity contribution in [1.82, 2.24) is 10.2 Å². The van der Waals surface area contributed by atoms with E-state index in [-0.39, 0.29) is 6.04 Å². The molecule has 0 aliphatic rings. The number of hydrogen-bond acceptors (Lipinski definition) is 3. The first-order valence-electron chi connectivity index (χ1n) is 7.13. The molecule has 0 aromatic heterocycles. The maximum Gasteiger partial charge on any atom is 0.0965 e. The monoisotopic (exact) mass is 239 g/mol. The van der Waals surface area contributed by atoms with Gasteiger partial charge in [0.25, 0.3) is 0 Å². The molecule has 0 bridgehead atoms. The van der Waals surface area contributed by atoms with Crippen LogP contribution in [-0.2, 0) is 0 Å². The Morgan fingerprint density at radius 3 is 2.06 bits per heavy atom. The van der Waals surface area contributed by atoms with Crippen molar-refractivity contribution in [2.24, 2.45) is 0 Å². The topological polar surface area (TPSA) is 39.1 Å². The van der Waals surface area contributed by atoms with Gasteiger partial charge in [-0.2, -0.15) is 5.26 Å². The third-order valence-corrected chi connectivity index (χ3v) is 3.00. The maximum atomic E-state index is 8.99. The van der Waals surface area contributed by atoms with E-state index in [4.69, 9.17) is 5.26 Å². The summed E-state index contributed by atoms with van der Waals surface area (Å²) in [7, 11) is 0. The van der Waals surface area contributed by atoms with E-state index in [0.29, 0.717) is 0 Å². The van der Waals surface area contributed by atoms with Gasteiger partial charge in [0.15, 0.2) is 0 Å². The summed E-state index contributed by atoms with van der Waals surface area (Å²) >= 11 is 0. The highest BCUT2D eigenvalue weighted by atomic mass is 15.1. The van der Waals surface area contributed by atoms with Gasteiger partial charge in [-0.3, -0.25) is 0 Å². The Hall–Kier alpha value is -0.590. The van der Waals surface area contributed by atoms with Crippen molar-refractivity contribution < 1.29 is 0 Å². The Morgan fingerprint density at radius 2 is 1.65 bits per heavy atom. The van der Waals surface area contributed by atoms with E-state index in [2.05, 4.69) is 37.1 Å². The lowest BCUT2D eigenvalue weighted by atomic mass is 10.2. The minimum atomic E-state index is 0.0192. The molecule has 17 heavy (non-hydrogen) atoms. The van der Waals surface area contributed by atoms with Crippen LogP contribution in [0.3, 0.4) is 0 Å². The quantitative estimate of drug-likeness (QED) is 0.602. The van der Waals surface area contributed by atoms with Crippen LogP contribution in [0.1, 0.15) is 52.9 Å². The van der Waals surface area contributed by atoms with Gasteiger partial charge < -0.3 is 10.2 Å². The van der Waals surface area contributed by atoms with Gasteiger partial charge in [0.05, 0.1) is 12.1 Å². The van der Waals surface area contributed by atoms with Crippen LogP contribution in [-0.4, -0.2) is 37.1 Å². The summed E-state index contributed by atoms with van der Waals surface area (Å²) in [5.41, 5.74) is 0. The Balaban J connectivity index is 3.90. The SMILES string of the molecule is CCCCN(CCCC)CCC(C#N)NCC. The zero-order chi connectivity index (χ0) is 12.9. The van der Waals surface area contributed by atoms with Crippen LogP contribution in [0.5, 0.6) is 0 Å². The number of rotatable bonds is 11. The van der Waals surface area contributed by atoms with Crippen LogP contribution in [0.25, 0.3) is 0 Å². The fraction of sp³-hybridized carbons (Fsp3) is 0.929. The Labute approximate surface area is 107 Å². The molecular weight excluding hydrogens is 210 g/mol. The minimum Gasteiger partial charge on any atom is -0.303 e. The molecule has 1 unspecified atom stereocenters. The minimum absolute atomic E-state index is 0.0192. The second kappa shape index (κ2) is 11.9. The van der Waals surface area contributed by atoms with Gasteiger partial charge in [0, 0.05) is 6.54 Å². The molecule has 0 amide bonds. The number of nitrogens with zero attached hydrogens (tertiary/aromatic N) is 2. The lowest BCUT2D eigenvalue weighted by molar-refractivity contribution is 0.255.